The van der Waals surface area contributed by atoms with Gasteiger partial charge in [0.05, 0.1) is 7.11 Å². The van der Waals surface area contributed by atoms with Gasteiger partial charge in [0.1, 0.15) is 22.8 Å². The largest absolute Gasteiger partial charge is 0.497 e. The Morgan fingerprint density at radius 2 is 1.96 bits per heavy atom. The van der Waals surface area contributed by atoms with Crippen LogP contribution in [0.3, 0.4) is 0 Å². The van der Waals surface area contributed by atoms with Crippen molar-refractivity contribution in [2.45, 2.75) is 5.37 Å². The molecule has 1 amide bonds. The molecule has 0 aromatic heterocycles. The summed E-state index contributed by atoms with van der Waals surface area (Å²) in [6, 6.07) is 10.3. The van der Waals surface area contributed by atoms with Crippen LogP contribution in [0.4, 0.5) is 8.78 Å². The van der Waals surface area contributed by atoms with E-state index in [1.54, 1.807) is 36.3 Å². The lowest BCUT2D eigenvalue weighted by Gasteiger charge is -2.24. The third-order valence-corrected chi connectivity index (χ3v) is 4.96. The predicted molar refractivity (Wildman–Crippen MR) is 85.6 cm³/mol. The van der Waals surface area contributed by atoms with E-state index in [2.05, 4.69) is 0 Å². The van der Waals surface area contributed by atoms with Crippen LogP contribution in [0, 0.1) is 11.6 Å². The number of methoxy groups -OCH3 is 1. The highest BCUT2D eigenvalue weighted by Gasteiger charge is 2.33. The van der Waals surface area contributed by atoms with Gasteiger partial charge in [0.15, 0.2) is 0 Å². The summed E-state index contributed by atoms with van der Waals surface area (Å²) in [6.07, 6.45) is 0. The minimum Gasteiger partial charge on any atom is -0.497 e. The topological polar surface area (TPSA) is 29.5 Å². The Morgan fingerprint density at radius 1 is 1.22 bits per heavy atom. The maximum absolute atomic E-state index is 14.0. The Bertz CT molecular complexity index is 721. The number of carbonyl (C=O) groups is 1. The highest BCUT2D eigenvalue weighted by atomic mass is 32.2. The van der Waals surface area contributed by atoms with Crippen LogP contribution in [0.1, 0.15) is 21.3 Å². The molecule has 1 saturated heterocycles. The highest BCUT2D eigenvalue weighted by Crippen LogP contribution is 2.40. The Hall–Kier alpha value is -2.08. The minimum absolute atomic E-state index is 0.175. The van der Waals surface area contributed by atoms with Crippen molar-refractivity contribution < 1.29 is 18.3 Å². The Balaban J connectivity index is 1.86. The van der Waals surface area contributed by atoms with Crippen LogP contribution in [-0.2, 0) is 0 Å². The molecule has 2 aromatic rings. The first kappa shape index (κ1) is 15.8. The maximum Gasteiger partial charge on any atom is 0.255 e. The van der Waals surface area contributed by atoms with Crippen molar-refractivity contribution in [1.29, 1.82) is 0 Å². The molecule has 0 radical (unpaired) electrons. The SMILES string of the molecule is COc1ccc(C(=O)N2CCS[C@@H]2c2ccc(F)cc2F)cc1. The van der Waals surface area contributed by atoms with Crippen molar-refractivity contribution in [1.82, 2.24) is 4.90 Å². The molecule has 0 unspecified atom stereocenters. The van der Waals surface area contributed by atoms with Crippen LogP contribution < -0.4 is 4.74 Å². The first-order valence-corrected chi connectivity index (χ1v) is 8.16. The lowest BCUT2D eigenvalue weighted by atomic mass is 10.1. The number of benzene rings is 2. The highest BCUT2D eigenvalue weighted by molar-refractivity contribution is 7.99. The van der Waals surface area contributed by atoms with Gasteiger partial charge in [-0.3, -0.25) is 4.79 Å². The second kappa shape index (κ2) is 6.58. The Labute approximate surface area is 137 Å². The fraction of sp³-hybridized carbons (Fsp3) is 0.235. The molecule has 0 saturated carbocycles. The number of ether oxygens (including phenoxy) is 1. The zero-order valence-corrected chi connectivity index (χ0v) is 13.3. The molecule has 0 aliphatic carbocycles. The molecular formula is C17H15F2NO2S. The number of hydrogen-bond donors (Lipinski definition) is 0. The standard InChI is InChI=1S/C17H15F2NO2S/c1-22-13-5-2-11(3-6-13)16(21)20-8-9-23-17(20)14-7-4-12(18)10-15(14)19/h2-7,10,17H,8-9H2,1H3/t17-/m1/s1. The third kappa shape index (κ3) is 3.17. The van der Waals surface area contributed by atoms with Crippen LogP contribution in [0.5, 0.6) is 5.75 Å². The molecule has 2 aromatic carbocycles. The van der Waals surface area contributed by atoms with Gasteiger partial charge >= 0.3 is 0 Å². The van der Waals surface area contributed by atoms with E-state index in [9.17, 15) is 13.6 Å². The molecule has 1 fully saturated rings. The molecule has 6 heteroatoms. The van der Waals surface area contributed by atoms with Crippen molar-refractivity contribution in [2.24, 2.45) is 0 Å². The summed E-state index contributed by atoms with van der Waals surface area (Å²) in [5.41, 5.74) is 0.844. The van der Waals surface area contributed by atoms with E-state index in [0.29, 0.717) is 29.2 Å². The molecule has 3 rings (SSSR count). The average molecular weight is 335 g/mol. The quantitative estimate of drug-likeness (QED) is 0.853. The first-order valence-electron chi connectivity index (χ1n) is 7.11. The number of nitrogens with zero attached hydrogens (tertiary/aromatic N) is 1. The van der Waals surface area contributed by atoms with E-state index in [4.69, 9.17) is 4.74 Å². The first-order chi connectivity index (χ1) is 11.1. The third-order valence-electron chi connectivity index (χ3n) is 3.72. The number of hydrogen-bond acceptors (Lipinski definition) is 3. The van der Waals surface area contributed by atoms with Gasteiger partial charge in [-0.1, -0.05) is 6.07 Å². The molecule has 120 valence electrons. The molecule has 0 N–H and O–H groups in total. The lowest BCUT2D eigenvalue weighted by Crippen LogP contribution is -2.30. The van der Waals surface area contributed by atoms with E-state index in [-0.39, 0.29) is 5.91 Å². The van der Waals surface area contributed by atoms with E-state index in [1.165, 1.54) is 23.9 Å². The second-order valence-corrected chi connectivity index (χ2v) is 6.30. The van der Waals surface area contributed by atoms with Gasteiger partial charge in [-0.05, 0) is 30.3 Å². The molecule has 0 spiro atoms. The van der Waals surface area contributed by atoms with E-state index in [1.807, 2.05) is 0 Å². The van der Waals surface area contributed by atoms with Crippen LogP contribution in [0.15, 0.2) is 42.5 Å². The van der Waals surface area contributed by atoms with Gasteiger partial charge in [0, 0.05) is 29.5 Å². The summed E-state index contributed by atoms with van der Waals surface area (Å²) in [6.45, 7) is 0.525. The fourth-order valence-corrected chi connectivity index (χ4v) is 3.81. The molecule has 3 nitrogen and oxygen atoms in total. The summed E-state index contributed by atoms with van der Waals surface area (Å²) < 4.78 is 32.2. The molecule has 1 atom stereocenters. The lowest BCUT2D eigenvalue weighted by molar-refractivity contribution is 0.0759. The van der Waals surface area contributed by atoms with Gasteiger partial charge in [-0.25, -0.2) is 8.78 Å². The van der Waals surface area contributed by atoms with Crippen LogP contribution in [-0.4, -0.2) is 30.2 Å². The van der Waals surface area contributed by atoms with E-state index >= 15 is 0 Å². The van der Waals surface area contributed by atoms with Crippen LogP contribution >= 0.6 is 11.8 Å². The van der Waals surface area contributed by atoms with E-state index in [0.717, 1.165) is 6.07 Å². The number of thioether (sulfide) groups is 1. The summed E-state index contributed by atoms with van der Waals surface area (Å²) in [5.74, 6) is -0.0484. The zero-order chi connectivity index (χ0) is 16.4. The second-order valence-electron chi connectivity index (χ2n) is 5.12. The normalized spacial score (nSPS) is 17.3. The molecule has 1 aliphatic rings. The Morgan fingerprint density at radius 3 is 2.61 bits per heavy atom. The predicted octanol–water partition coefficient (Wildman–Crippen LogP) is 3.86. The van der Waals surface area contributed by atoms with Crippen LogP contribution in [0.25, 0.3) is 0 Å². The fourth-order valence-electron chi connectivity index (χ4n) is 2.54. The average Bonchev–Trinajstić information content (AvgIpc) is 3.03. The minimum atomic E-state index is -0.628. The molecule has 0 bridgehead atoms. The monoisotopic (exact) mass is 335 g/mol. The molecular weight excluding hydrogens is 320 g/mol. The van der Waals surface area contributed by atoms with Crippen molar-refractivity contribution in [2.75, 3.05) is 19.4 Å². The Kier molecular flexibility index (Phi) is 4.52. The number of carbonyl (C=O) groups excluding carboxylic acids is 1. The molecule has 1 aliphatic heterocycles. The van der Waals surface area contributed by atoms with Crippen molar-refractivity contribution >= 4 is 17.7 Å². The summed E-state index contributed by atoms with van der Waals surface area (Å²) in [7, 11) is 1.56. The van der Waals surface area contributed by atoms with Crippen molar-refractivity contribution in [3.8, 4) is 5.75 Å². The summed E-state index contributed by atoms with van der Waals surface area (Å²) in [4.78, 5) is 14.3. The number of amides is 1. The van der Waals surface area contributed by atoms with Crippen LogP contribution in [0.2, 0.25) is 0 Å². The van der Waals surface area contributed by atoms with Gasteiger partial charge < -0.3 is 9.64 Å². The number of rotatable bonds is 3. The summed E-state index contributed by atoms with van der Waals surface area (Å²) in [5, 5.41) is -0.440. The molecule has 1 heterocycles. The van der Waals surface area contributed by atoms with Crippen molar-refractivity contribution in [3.63, 3.8) is 0 Å². The summed E-state index contributed by atoms with van der Waals surface area (Å²) >= 11 is 1.47. The number of halogens is 2. The van der Waals surface area contributed by atoms with Gasteiger partial charge in [-0.15, -0.1) is 11.8 Å². The zero-order valence-electron chi connectivity index (χ0n) is 12.5. The smallest absolute Gasteiger partial charge is 0.255 e. The van der Waals surface area contributed by atoms with E-state index < -0.39 is 17.0 Å². The van der Waals surface area contributed by atoms with Gasteiger partial charge in [0.2, 0.25) is 0 Å². The maximum atomic E-state index is 14.0. The molecule has 23 heavy (non-hydrogen) atoms. The van der Waals surface area contributed by atoms with Crippen molar-refractivity contribution in [3.05, 3.63) is 65.2 Å². The van der Waals surface area contributed by atoms with Gasteiger partial charge in [-0.2, -0.15) is 0 Å². The van der Waals surface area contributed by atoms with Gasteiger partial charge in [0.25, 0.3) is 5.91 Å².